The van der Waals surface area contributed by atoms with Gasteiger partial charge >= 0.3 is 5.97 Å². The Kier molecular flexibility index (Phi) is 4.52. The van der Waals surface area contributed by atoms with Crippen molar-refractivity contribution in [3.63, 3.8) is 0 Å². The molecule has 0 N–H and O–H groups in total. The molecule has 0 spiro atoms. The predicted octanol–water partition coefficient (Wildman–Crippen LogP) is 3.52. The van der Waals surface area contributed by atoms with Crippen molar-refractivity contribution in [2.45, 2.75) is 19.6 Å². The molecule has 0 radical (unpaired) electrons. The van der Waals surface area contributed by atoms with E-state index in [0.29, 0.717) is 0 Å². The summed E-state index contributed by atoms with van der Waals surface area (Å²) in [5, 5.41) is 0. The summed E-state index contributed by atoms with van der Waals surface area (Å²) < 4.78 is 7.44. The average molecular weight is 306 g/mol. The molecular formula is C19H18N2O2. The van der Waals surface area contributed by atoms with Gasteiger partial charge in [0.2, 0.25) is 0 Å². The van der Waals surface area contributed by atoms with Gasteiger partial charge in [-0.1, -0.05) is 60.2 Å². The molecule has 1 unspecified atom stereocenters. The number of benzene rings is 2. The Morgan fingerprint density at radius 2 is 1.78 bits per heavy atom. The molecule has 1 atom stereocenters. The Hall–Kier alpha value is -2.88. The smallest absolute Gasteiger partial charge is 0.326 e. The van der Waals surface area contributed by atoms with Gasteiger partial charge < -0.3 is 9.30 Å². The maximum Gasteiger partial charge on any atom is 0.326 e. The maximum atomic E-state index is 12.3. The number of aromatic nitrogens is 2. The van der Waals surface area contributed by atoms with Crippen LogP contribution < -0.4 is 0 Å². The number of nitrogens with zero attached hydrogens (tertiary/aromatic N) is 2. The highest BCUT2D eigenvalue weighted by atomic mass is 16.5. The molecule has 3 rings (SSSR count). The van der Waals surface area contributed by atoms with Crippen molar-refractivity contribution in [1.82, 2.24) is 9.55 Å². The number of hydrogen-bond donors (Lipinski definition) is 0. The van der Waals surface area contributed by atoms with Crippen molar-refractivity contribution in [3.05, 3.63) is 90.0 Å². The predicted molar refractivity (Wildman–Crippen MR) is 87.8 cm³/mol. The molecule has 23 heavy (non-hydrogen) atoms. The third kappa shape index (κ3) is 3.86. The van der Waals surface area contributed by atoms with Gasteiger partial charge in [-0.25, -0.2) is 4.98 Å². The highest BCUT2D eigenvalue weighted by molar-refractivity contribution is 5.70. The highest BCUT2D eigenvalue weighted by Gasteiger charge is 2.19. The summed E-state index contributed by atoms with van der Waals surface area (Å²) in [6, 6.07) is 17.8. The van der Waals surface area contributed by atoms with E-state index in [4.69, 9.17) is 4.74 Å². The summed E-state index contributed by atoms with van der Waals surface area (Å²) in [7, 11) is 0. The number of imidazole rings is 1. The van der Waals surface area contributed by atoms with Gasteiger partial charge in [0.05, 0.1) is 6.33 Å². The first-order valence-corrected chi connectivity index (χ1v) is 7.49. The summed E-state index contributed by atoms with van der Waals surface area (Å²) in [6.07, 6.45) is 4.57. The lowest BCUT2D eigenvalue weighted by atomic mass is 10.0. The molecule has 0 fully saturated rings. The Labute approximate surface area is 135 Å². The quantitative estimate of drug-likeness (QED) is 0.677. The van der Waals surface area contributed by atoms with Gasteiger partial charge in [0, 0.05) is 12.4 Å². The molecule has 4 nitrogen and oxygen atoms in total. The van der Waals surface area contributed by atoms with Crippen LogP contribution in [0.2, 0.25) is 0 Å². The van der Waals surface area contributed by atoms with Crippen LogP contribution in [0.3, 0.4) is 0 Å². The second-order valence-corrected chi connectivity index (χ2v) is 5.43. The molecule has 0 aliphatic carbocycles. The van der Waals surface area contributed by atoms with Gasteiger partial charge in [-0.3, -0.25) is 4.79 Å². The zero-order valence-corrected chi connectivity index (χ0v) is 12.9. The van der Waals surface area contributed by atoms with E-state index in [-0.39, 0.29) is 12.5 Å². The van der Waals surface area contributed by atoms with Crippen LogP contribution in [0.1, 0.15) is 22.8 Å². The third-order valence-electron chi connectivity index (χ3n) is 3.60. The first kappa shape index (κ1) is 15.0. The fraction of sp³-hybridized carbons (Fsp3) is 0.158. The second-order valence-electron chi connectivity index (χ2n) is 5.43. The van der Waals surface area contributed by atoms with Gasteiger partial charge in [-0.05, 0) is 18.1 Å². The molecule has 4 heteroatoms. The van der Waals surface area contributed by atoms with Crippen molar-refractivity contribution < 1.29 is 9.53 Å². The zero-order chi connectivity index (χ0) is 16.1. The molecule has 116 valence electrons. The minimum atomic E-state index is -0.409. The van der Waals surface area contributed by atoms with Gasteiger partial charge in [0.25, 0.3) is 0 Å². The van der Waals surface area contributed by atoms with Crippen LogP contribution in [-0.4, -0.2) is 15.5 Å². The highest BCUT2D eigenvalue weighted by Crippen LogP contribution is 2.26. The van der Waals surface area contributed by atoms with Gasteiger partial charge in [-0.15, -0.1) is 0 Å². The van der Waals surface area contributed by atoms with Gasteiger partial charge in [-0.2, -0.15) is 0 Å². The van der Waals surface area contributed by atoms with E-state index in [1.807, 2.05) is 61.5 Å². The molecule has 0 saturated heterocycles. The van der Waals surface area contributed by atoms with Crippen molar-refractivity contribution in [2.24, 2.45) is 0 Å². The van der Waals surface area contributed by atoms with Crippen LogP contribution in [0.15, 0.2) is 73.3 Å². The van der Waals surface area contributed by atoms with Gasteiger partial charge in [0.15, 0.2) is 6.10 Å². The van der Waals surface area contributed by atoms with Crippen molar-refractivity contribution in [1.29, 1.82) is 0 Å². The number of ether oxygens (including phenoxy) is 1. The van der Waals surface area contributed by atoms with E-state index in [1.165, 1.54) is 5.56 Å². The zero-order valence-electron chi connectivity index (χ0n) is 12.9. The van der Waals surface area contributed by atoms with E-state index in [1.54, 1.807) is 23.3 Å². The third-order valence-corrected chi connectivity index (χ3v) is 3.60. The fourth-order valence-electron chi connectivity index (χ4n) is 2.40. The number of carbonyl (C=O) groups is 1. The van der Waals surface area contributed by atoms with Gasteiger partial charge in [0.1, 0.15) is 6.54 Å². The Morgan fingerprint density at radius 3 is 2.43 bits per heavy atom. The standard InChI is InChI=1S/C19H18N2O2/c1-15-7-9-17(10-8-15)19(16-5-3-2-4-6-16)23-18(22)13-21-12-11-20-14-21/h2-12,14,19H,13H2,1H3. The SMILES string of the molecule is Cc1ccc(C(OC(=O)Cn2ccnc2)c2ccccc2)cc1. The maximum absolute atomic E-state index is 12.3. The summed E-state index contributed by atoms with van der Waals surface area (Å²) in [4.78, 5) is 16.2. The number of rotatable bonds is 5. The van der Waals surface area contributed by atoms with E-state index in [2.05, 4.69) is 4.98 Å². The minimum absolute atomic E-state index is 0.148. The lowest BCUT2D eigenvalue weighted by Crippen LogP contribution is -2.17. The molecule has 0 saturated carbocycles. The summed E-state index contributed by atoms with van der Waals surface area (Å²) >= 11 is 0. The largest absolute Gasteiger partial charge is 0.451 e. The van der Waals surface area contributed by atoms with Crippen LogP contribution in [-0.2, 0) is 16.1 Å². The van der Waals surface area contributed by atoms with Crippen LogP contribution in [0.5, 0.6) is 0 Å². The molecular weight excluding hydrogens is 288 g/mol. The average Bonchev–Trinajstić information content (AvgIpc) is 3.07. The Balaban J connectivity index is 1.83. The first-order valence-electron chi connectivity index (χ1n) is 7.49. The molecule has 2 aromatic carbocycles. The van der Waals surface area contributed by atoms with Crippen LogP contribution in [0.4, 0.5) is 0 Å². The number of esters is 1. The number of aryl methyl sites for hydroxylation is 1. The van der Waals surface area contributed by atoms with Crippen LogP contribution in [0.25, 0.3) is 0 Å². The molecule has 3 aromatic rings. The Morgan fingerprint density at radius 1 is 1.09 bits per heavy atom. The first-order chi connectivity index (χ1) is 11.2. The molecule has 0 aliphatic rings. The van der Waals surface area contributed by atoms with E-state index in [9.17, 15) is 4.79 Å². The van der Waals surface area contributed by atoms with Crippen molar-refractivity contribution >= 4 is 5.97 Å². The molecule has 1 heterocycles. The van der Waals surface area contributed by atoms with Crippen molar-refractivity contribution in [2.75, 3.05) is 0 Å². The van der Waals surface area contributed by atoms with Crippen LogP contribution in [0, 0.1) is 6.92 Å². The monoisotopic (exact) mass is 306 g/mol. The summed E-state index contributed by atoms with van der Waals surface area (Å²) in [5.41, 5.74) is 3.08. The van der Waals surface area contributed by atoms with E-state index in [0.717, 1.165) is 11.1 Å². The lowest BCUT2D eigenvalue weighted by molar-refractivity contribution is -0.148. The topological polar surface area (TPSA) is 44.1 Å². The normalized spacial score (nSPS) is 11.9. The van der Waals surface area contributed by atoms with Crippen LogP contribution >= 0.6 is 0 Å². The summed E-state index contributed by atoms with van der Waals surface area (Å²) in [5.74, 6) is -0.294. The molecule has 0 aliphatic heterocycles. The number of hydrogen-bond acceptors (Lipinski definition) is 3. The van der Waals surface area contributed by atoms with E-state index < -0.39 is 6.10 Å². The molecule has 1 aromatic heterocycles. The Bertz CT molecular complexity index is 750. The lowest BCUT2D eigenvalue weighted by Gasteiger charge is -2.19. The second kappa shape index (κ2) is 6.92. The van der Waals surface area contributed by atoms with Crippen molar-refractivity contribution in [3.8, 4) is 0 Å². The number of carbonyl (C=O) groups excluding carboxylic acids is 1. The summed E-state index contributed by atoms with van der Waals surface area (Å²) in [6.45, 7) is 2.18. The molecule has 0 bridgehead atoms. The van der Waals surface area contributed by atoms with E-state index >= 15 is 0 Å². The minimum Gasteiger partial charge on any atom is -0.451 e. The molecule has 0 amide bonds. The fourth-order valence-corrected chi connectivity index (χ4v) is 2.40.